The van der Waals surface area contributed by atoms with Crippen molar-refractivity contribution in [2.24, 2.45) is 5.92 Å². The van der Waals surface area contributed by atoms with Crippen LogP contribution in [0.5, 0.6) is 0 Å². The summed E-state index contributed by atoms with van der Waals surface area (Å²) in [6.07, 6.45) is 1.87. The first kappa shape index (κ1) is 20.3. The van der Waals surface area contributed by atoms with E-state index >= 15 is 0 Å². The van der Waals surface area contributed by atoms with Gasteiger partial charge in [0.05, 0.1) is 16.5 Å². The van der Waals surface area contributed by atoms with Gasteiger partial charge >= 0.3 is 5.97 Å². The van der Waals surface area contributed by atoms with Gasteiger partial charge in [0.2, 0.25) is 0 Å². The lowest BCUT2D eigenvalue weighted by Crippen LogP contribution is -2.49. The van der Waals surface area contributed by atoms with Crippen molar-refractivity contribution in [2.75, 3.05) is 13.1 Å². The second-order valence-electron chi connectivity index (χ2n) is 8.87. The Hall–Kier alpha value is -3.29. The zero-order chi connectivity index (χ0) is 22.5. The monoisotopic (exact) mass is 457 g/mol. The van der Waals surface area contributed by atoms with Crippen LogP contribution in [0.2, 0.25) is 0 Å². The van der Waals surface area contributed by atoms with E-state index < -0.39 is 5.97 Å². The standard InChI is InChI=1S/C26H23N3O3S/c1-15-22(28-32-23(15)17-5-3-2-4-6-17)25-27-21-10-8-18-11-16(7-9-20(18)24(21)33-25)12-29-13-19(14-29)26(30)31/h2-7,9,11,19H,8,10,12-14H2,1H3,(H,30,31). The molecule has 6 nitrogen and oxygen atoms in total. The maximum Gasteiger partial charge on any atom is 0.309 e. The van der Waals surface area contributed by atoms with E-state index in [-0.39, 0.29) is 5.92 Å². The molecule has 0 spiro atoms. The average molecular weight is 458 g/mol. The number of aryl methyl sites for hydroxylation is 2. The van der Waals surface area contributed by atoms with Crippen LogP contribution in [0.1, 0.15) is 22.4 Å². The summed E-state index contributed by atoms with van der Waals surface area (Å²) in [5.74, 6) is -0.119. The molecule has 0 amide bonds. The minimum absolute atomic E-state index is 0.219. The van der Waals surface area contributed by atoms with Gasteiger partial charge in [0, 0.05) is 30.8 Å². The molecule has 1 aliphatic heterocycles. The first-order valence-electron chi connectivity index (χ1n) is 11.2. The van der Waals surface area contributed by atoms with E-state index in [0.29, 0.717) is 13.1 Å². The maximum atomic E-state index is 11.0. The molecule has 0 unspecified atom stereocenters. The molecule has 0 atom stereocenters. The number of aromatic nitrogens is 2. The Labute approximate surface area is 195 Å². The number of carboxylic acids is 1. The summed E-state index contributed by atoms with van der Waals surface area (Å²) < 4.78 is 5.70. The van der Waals surface area contributed by atoms with Gasteiger partial charge in [-0.1, -0.05) is 53.7 Å². The summed E-state index contributed by atoms with van der Waals surface area (Å²) in [6.45, 7) is 4.12. The third-order valence-corrected chi connectivity index (χ3v) is 7.76. The van der Waals surface area contributed by atoms with Gasteiger partial charge < -0.3 is 9.63 Å². The average Bonchev–Trinajstić information content (AvgIpc) is 3.39. The number of thiazole rings is 1. The van der Waals surface area contributed by atoms with E-state index in [1.165, 1.54) is 21.6 Å². The van der Waals surface area contributed by atoms with E-state index in [1.54, 1.807) is 11.3 Å². The molecule has 1 N–H and O–H groups in total. The Bertz CT molecular complexity index is 1350. The van der Waals surface area contributed by atoms with Crippen molar-refractivity contribution >= 4 is 17.3 Å². The Morgan fingerprint density at radius 3 is 2.79 bits per heavy atom. The summed E-state index contributed by atoms with van der Waals surface area (Å²) in [5, 5.41) is 14.4. The summed E-state index contributed by atoms with van der Waals surface area (Å²) in [7, 11) is 0. The van der Waals surface area contributed by atoms with E-state index in [9.17, 15) is 4.79 Å². The Kier molecular flexibility index (Phi) is 4.89. The van der Waals surface area contributed by atoms with E-state index in [2.05, 4.69) is 28.3 Å². The van der Waals surface area contributed by atoms with Crippen molar-refractivity contribution < 1.29 is 14.4 Å². The molecule has 166 valence electrons. The van der Waals surface area contributed by atoms with Gasteiger partial charge in [0.1, 0.15) is 10.7 Å². The number of nitrogens with zero attached hydrogens (tertiary/aromatic N) is 3. The van der Waals surface area contributed by atoms with Gasteiger partial charge in [-0.2, -0.15) is 0 Å². The number of carboxylic acid groups (broad SMARTS) is 1. The summed E-state index contributed by atoms with van der Waals surface area (Å²) in [5.41, 5.74) is 7.81. The summed E-state index contributed by atoms with van der Waals surface area (Å²) in [4.78, 5) is 19.4. The van der Waals surface area contributed by atoms with Crippen LogP contribution in [0.3, 0.4) is 0 Å². The fourth-order valence-electron chi connectivity index (χ4n) is 4.77. The number of carbonyl (C=O) groups is 1. The van der Waals surface area contributed by atoms with E-state index in [4.69, 9.17) is 14.6 Å². The van der Waals surface area contributed by atoms with Crippen molar-refractivity contribution in [2.45, 2.75) is 26.3 Å². The first-order chi connectivity index (χ1) is 16.1. The summed E-state index contributed by atoms with van der Waals surface area (Å²) >= 11 is 1.68. The lowest BCUT2D eigenvalue weighted by molar-refractivity contribution is -0.147. The Balaban J connectivity index is 1.26. The van der Waals surface area contributed by atoms with Gasteiger partial charge in [0.25, 0.3) is 0 Å². The topological polar surface area (TPSA) is 79.5 Å². The predicted octanol–water partition coefficient (Wildman–Crippen LogP) is 5.06. The lowest BCUT2D eigenvalue weighted by Gasteiger charge is -2.36. The molecule has 2 aromatic carbocycles. The maximum absolute atomic E-state index is 11.0. The molecule has 0 radical (unpaired) electrons. The molecule has 1 aliphatic carbocycles. The molecule has 33 heavy (non-hydrogen) atoms. The number of hydrogen-bond donors (Lipinski definition) is 1. The fraction of sp³-hybridized carbons (Fsp3) is 0.269. The van der Waals surface area contributed by atoms with Gasteiger partial charge in [0.15, 0.2) is 5.76 Å². The minimum atomic E-state index is -0.691. The van der Waals surface area contributed by atoms with Crippen LogP contribution in [-0.2, 0) is 24.2 Å². The Morgan fingerprint density at radius 1 is 1.18 bits per heavy atom. The highest BCUT2D eigenvalue weighted by atomic mass is 32.1. The number of hydrogen-bond acceptors (Lipinski definition) is 6. The number of benzene rings is 2. The third kappa shape index (κ3) is 3.57. The zero-order valence-electron chi connectivity index (χ0n) is 18.2. The van der Waals surface area contributed by atoms with Gasteiger partial charge in [-0.25, -0.2) is 4.98 Å². The molecule has 4 aromatic rings. The van der Waals surface area contributed by atoms with Crippen molar-refractivity contribution in [3.63, 3.8) is 0 Å². The fourth-order valence-corrected chi connectivity index (χ4v) is 5.98. The number of likely N-dealkylation sites (tertiary alicyclic amines) is 1. The zero-order valence-corrected chi connectivity index (χ0v) is 19.1. The molecule has 0 saturated carbocycles. The number of rotatable bonds is 5. The van der Waals surface area contributed by atoms with Crippen LogP contribution >= 0.6 is 11.3 Å². The van der Waals surface area contributed by atoms with Crippen LogP contribution in [0.25, 0.3) is 32.5 Å². The second kappa shape index (κ2) is 7.93. The van der Waals surface area contributed by atoms with E-state index in [1.807, 2.05) is 37.3 Å². The van der Waals surface area contributed by atoms with Crippen LogP contribution in [-0.4, -0.2) is 39.2 Å². The largest absolute Gasteiger partial charge is 0.481 e. The molecule has 7 heteroatoms. The molecule has 1 saturated heterocycles. The van der Waals surface area contributed by atoms with Crippen LogP contribution < -0.4 is 0 Å². The molecule has 2 aliphatic rings. The predicted molar refractivity (Wildman–Crippen MR) is 127 cm³/mol. The summed E-state index contributed by atoms with van der Waals surface area (Å²) in [6, 6.07) is 16.7. The van der Waals surface area contributed by atoms with Gasteiger partial charge in [-0.3, -0.25) is 9.69 Å². The number of fused-ring (bicyclic) bond motifs is 3. The van der Waals surface area contributed by atoms with Crippen LogP contribution in [0, 0.1) is 12.8 Å². The first-order valence-corrected chi connectivity index (χ1v) is 12.0. The smallest absolute Gasteiger partial charge is 0.309 e. The molecule has 0 bridgehead atoms. The van der Waals surface area contributed by atoms with E-state index in [0.717, 1.165) is 52.7 Å². The van der Waals surface area contributed by atoms with Crippen molar-refractivity contribution in [1.82, 2.24) is 15.0 Å². The van der Waals surface area contributed by atoms with Crippen LogP contribution in [0.15, 0.2) is 53.1 Å². The highest BCUT2D eigenvalue weighted by Gasteiger charge is 2.32. The van der Waals surface area contributed by atoms with Crippen molar-refractivity contribution in [3.05, 3.63) is 70.9 Å². The van der Waals surface area contributed by atoms with Gasteiger partial charge in [-0.15, -0.1) is 11.3 Å². The van der Waals surface area contributed by atoms with Crippen molar-refractivity contribution in [3.8, 4) is 32.5 Å². The molecule has 1 fully saturated rings. The number of aliphatic carboxylic acids is 1. The second-order valence-corrected chi connectivity index (χ2v) is 9.87. The van der Waals surface area contributed by atoms with Crippen LogP contribution in [0.4, 0.5) is 0 Å². The molecule has 2 aromatic heterocycles. The lowest BCUT2D eigenvalue weighted by atomic mass is 9.91. The SMILES string of the molecule is Cc1c(-c2nc3c(s2)-c2ccc(CN4CC(C(=O)O)C4)cc2CC3)noc1-c1ccccc1. The normalized spacial score (nSPS) is 15.7. The molecular weight excluding hydrogens is 434 g/mol. The highest BCUT2D eigenvalue weighted by molar-refractivity contribution is 7.18. The molecular formula is C26H23N3O3S. The third-order valence-electron chi connectivity index (χ3n) is 6.62. The molecule has 6 rings (SSSR count). The van der Waals surface area contributed by atoms with Gasteiger partial charge in [-0.05, 0) is 36.5 Å². The molecule has 3 heterocycles. The Morgan fingerprint density at radius 2 is 2.00 bits per heavy atom. The quantitative estimate of drug-likeness (QED) is 0.452. The van der Waals surface area contributed by atoms with Crippen molar-refractivity contribution in [1.29, 1.82) is 0 Å². The minimum Gasteiger partial charge on any atom is -0.481 e. The highest BCUT2D eigenvalue weighted by Crippen LogP contribution is 2.42.